The summed E-state index contributed by atoms with van der Waals surface area (Å²) in [4.78, 5) is 0. The molecule has 0 saturated carbocycles. The Bertz CT molecular complexity index is 1290. The van der Waals surface area contributed by atoms with Crippen LogP contribution < -0.4 is 35.2 Å². The van der Waals surface area contributed by atoms with Crippen LogP contribution in [0.25, 0.3) is 27.1 Å². The molecular weight excluding hydrogens is 551 g/mol. The van der Waals surface area contributed by atoms with Gasteiger partial charge in [0.25, 0.3) is 0 Å². The maximum Gasteiger partial charge on any atom is 3.00 e. The van der Waals surface area contributed by atoms with Gasteiger partial charge in [-0.2, -0.15) is 0 Å². The van der Waals surface area contributed by atoms with E-state index in [9.17, 15) is 0 Å². The number of benzene rings is 2. The van der Waals surface area contributed by atoms with E-state index < -0.39 is 8.07 Å². The first-order chi connectivity index (χ1) is 14.5. The van der Waals surface area contributed by atoms with Crippen molar-refractivity contribution in [1.29, 1.82) is 0 Å². The van der Waals surface area contributed by atoms with Crippen LogP contribution in [0.1, 0.15) is 78.5 Å². The van der Waals surface area contributed by atoms with E-state index >= 15 is 0 Å². The quantitative estimate of drug-likeness (QED) is 0.323. The van der Waals surface area contributed by atoms with E-state index in [4.69, 9.17) is 0 Å². The summed E-state index contributed by atoms with van der Waals surface area (Å²) >= 11 is 0. The summed E-state index contributed by atoms with van der Waals surface area (Å²) in [5.41, 5.74) is 6.53. The molecule has 0 nitrogen and oxygen atoms in total. The van der Waals surface area contributed by atoms with Gasteiger partial charge in [-0.05, 0) is 17.3 Å². The van der Waals surface area contributed by atoms with Crippen LogP contribution >= 0.6 is 0 Å². The van der Waals surface area contributed by atoms with Gasteiger partial charge in [0.15, 0.2) is 0 Å². The molecular formula is C30H37Cl2SiZr. The van der Waals surface area contributed by atoms with Crippen molar-refractivity contribution in [2.45, 2.75) is 84.7 Å². The second-order valence-electron chi connectivity index (χ2n) is 11.8. The van der Waals surface area contributed by atoms with Crippen molar-refractivity contribution < 1.29 is 51.0 Å². The van der Waals surface area contributed by atoms with Crippen LogP contribution in [-0.4, -0.2) is 8.07 Å². The summed E-state index contributed by atoms with van der Waals surface area (Å²) in [5, 5.41) is 9.67. The van der Waals surface area contributed by atoms with Gasteiger partial charge in [0.05, 0.1) is 0 Å². The Hall–Kier alpha value is -0.530. The summed E-state index contributed by atoms with van der Waals surface area (Å²) in [7, 11) is -1.52. The van der Waals surface area contributed by atoms with Crippen LogP contribution in [0.2, 0.25) is 12.1 Å². The fraction of sp³-hybridized carbons (Fsp3) is 0.433. The van der Waals surface area contributed by atoms with Crippen LogP contribution in [0.5, 0.6) is 0 Å². The summed E-state index contributed by atoms with van der Waals surface area (Å²) in [6.45, 7) is 19.2. The van der Waals surface area contributed by atoms with Gasteiger partial charge in [-0.15, -0.1) is 33.7 Å². The molecule has 0 saturated heterocycles. The molecule has 0 unspecified atom stereocenters. The molecule has 0 amide bonds. The van der Waals surface area contributed by atoms with Crippen LogP contribution in [0.4, 0.5) is 0 Å². The molecule has 0 bridgehead atoms. The first-order valence-corrected chi connectivity index (χ1v) is 14.6. The second kappa shape index (κ2) is 9.74. The minimum Gasteiger partial charge on any atom is -1.00 e. The topological polar surface area (TPSA) is 0 Å². The van der Waals surface area contributed by atoms with Crippen molar-refractivity contribution in [3.8, 4) is 0 Å². The zero-order valence-electron chi connectivity index (χ0n) is 21.9. The molecule has 2 aliphatic rings. The molecule has 3 aromatic rings. The molecule has 0 N–H and O–H groups in total. The Kier molecular flexibility index (Phi) is 8.50. The molecule has 0 aromatic heterocycles. The third-order valence-corrected chi connectivity index (χ3v) is 13.0. The van der Waals surface area contributed by atoms with E-state index in [1.165, 1.54) is 39.4 Å². The van der Waals surface area contributed by atoms with Crippen LogP contribution in [0.15, 0.2) is 42.5 Å². The van der Waals surface area contributed by atoms with Gasteiger partial charge in [-0.25, -0.2) is 0 Å². The zero-order valence-corrected chi connectivity index (χ0v) is 26.9. The van der Waals surface area contributed by atoms with Gasteiger partial charge in [-0.3, -0.25) is 0 Å². The molecule has 179 valence electrons. The fourth-order valence-corrected chi connectivity index (χ4v) is 11.4. The molecule has 0 atom stereocenters. The first kappa shape index (κ1) is 29.7. The summed E-state index contributed by atoms with van der Waals surface area (Å²) in [5.74, 6) is 0. The molecule has 34 heavy (non-hydrogen) atoms. The number of hydrogen-bond acceptors (Lipinski definition) is 0. The number of allylic oxidation sites excluding steroid dienone is 4. The molecule has 1 heterocycles. The Morgan fingerprint density at radius 2 is 1.56 bits per heavy atom. The van der Waals surface area contributed by atoms with Crippen molar-refractivity contribution in [2.75, 3.05) is 0 Å². The predicted octanol–water partition coefficient (Wildman–Crippen LogP) is 1.57. The number of fused-ring (bicyclic) bond motifs is 5. The molecule has 4 heteroatoms. The van der Waals surface area contributed by atoms with Crippen LogP contribution in [0.3, 0.4) is 0 Å². The molecule has 1 radical (unpaired) electrons. The smallest absolute Gasteiger partial charge is 1.00 e. The van der Waals surface area contributed by atoms with Gasteiger partial charge in [0.2, 0.25) is 0 Å². The maximum atomic E-state index is 2.53. The van der Waals surface area contributed by atoms with Gasteiger partial charge in [0.1, 0.15) is 8.07 Å². The monoisotopic (exact) mass is 585 g/mol. The largest absolute Gasteiger partial charge is 3.00 e. The Morgan fingerprint density at radius 1 is 0.912 bits per heavy atom. The van der Waals surface area contributed by atoms with Crippen LogP contribution in [-0.2, 0) is 37.0 Å². The Labute approximate surface area is 239 Å². The van der Waals surface area contributed by atoms with E-state index in [1.54, 1.807) is 21.7 Å². The SMILES string of the molecule is CC[Si]1(CC)c2c(C(C)(C)C)c(C3=CC=CC3)c3[cH-]c4cc(C(C)(C)C)ccc4c3c21.[Cl-].[Cl-].[Zr+3]. The van der Waals surface area contributed by atoms with E-state index in [0.717, 1.165) is 6.42 Å². The second-order valence-corrected chi connectivity index (χ2v) is 16.4. The summed E-state index contributed by atoms with van der Waals surface area (Å²) in [6, 6.07) is 12.5. The van der Waals surface area contributed by atoms with Crippen molar-refractivity contribution >= 4 is 45.6 Å². The van der Waals surface area contributed by atoms with E-state index in [2.05, 4.69) is 97.9 Å². The summed E-state index contributed by atoms with van der Waals surface area (Å²) in [6.07, 6.45) is 8.02. The molecule has 0 fully saturated rings. The Balaban J connectivity index is 0.00000136. The predicted molar refractivity (Wildman–Crippen MR) is 142 cm³/mol. The molecule has 0 spiro atoms. The van der Waals surface area contributed by atoms with Crippen LogP contribution in [0, 0.1) is 0 Å². The van der Waals surface area contributed by atoms with Gasteiger partial charge >= 0.3 is 26.2 Å². The molecule has 5 rings (SSSR count). The van der Waals surface area contributed by atoms with E-state index in [1.807, 2.05) is 5.19 Å². The maximum absolute atomic E-state index is 2.53. The Morgan fingerprint density at radius 3 is 2.06 bits per heavy atom. The van der Waals surface area contributed by atoms with Gasteiger partial charge in [-0.1, -0.05) is 130 Å². The standard InChI is InChI=1S/C30H37Si.2ClH.Zr/c1-9-31(10-2)27-25-22-16-15-21(29(3,4)5)17-20(22)18-23(25)24(19-13-11-12-14-19)26(28(27)31)30(6,7)8;;;/h11-13,15-18H,9-10,14H2,1-8H3;2*1H;/q-1;;;+3/p-2. The molecule has 3 aromatic carbocycles. The average Bonchev–Trinajstić information content (AvgIpc) is 3.04. The molecule has 1 aliphatic heterocycles. The van der Waals surface area contributed by atoms with Gasteiger partial charge in [0, 0.05) is 0 Å². The van der Waals surface area contributed by atoms with Crippen molar-refractivity contribution in [2.24, 2.45) is 0 Å². The first-order valence-electron chi connectivity index (χ1n) is 12.2. The minimum absolute atomic E-state index is 0. The summed E-state index contributed by atoms with van der Waals surface area (Å²) < 4.78 is 0. The van der Waals surface area contributed by atoms with E-state index in [-0.39, 0.29) is 61.8 Å². The number of hydrogen-bond donors (Lipinski definition) is 0. The minimum atomic E-state index is -1.52. The van der Waals surface area contributed by atoms with Gasteiger partial charge < -0.3 is 24.8 Å². The third-order valence-electron chi connectivity index (χ3n) is 7.97. The number of halogens is 2. The number of rotatable bonds is 3. The zero-order chi connectivity index (χ0) is 22.3. The van der Waals surface area contributed by atoms with Crippen molar-refractivity contribution in [3.63, 3.8) is 0 Å². The normalized spacial score (nSPS) is 15.9. The fourth-order valence-electron chi connectivity index (χ4n) is 6.24. The third kappa shape index (κ3) is 4.19. The van der Waals surface area contributed by atoms with E-state index in [0.29, 0.717) is 0 Å². The average molecular weight is 588 g/mol. The van der Waals surface area contributed by atoms with Crippen molar-refractivity contribution in [1.82, 2.24) is 0 Å². The molecule has 1 aliphatic carbocycles. The van der Waals surface area contributed by atoms with Crippen molar-refractivity contribution in [3.05, 3.63) is 59.2 Å².